The van der Waals surface area contributed by atoms with Gasteiger partial charge in [-0.25, -0.2) is 0 Å². The van der Waals surface area contributed by atoms with E-state index in [-0.39, 0.29) is 5.91 Å². The number of hydrogen-bond acceptors (Lipinski definition) is 3. The lowest BCUT2D eigenvalue weighted by molar-refractivity contribution is -0.140. The highest BCUT2D eigenvalue weighted by molar-refractivity contribution is 5.91. The molecule has 1 aliphatic rings. The maximum atomic E-state index is 12.0. The molecule has 0 bridgehead atoms. The van der Waals surface area contributed by atoms with Gasteiger partial charge in [-0.3, -0.25) is 14.6 Å². The van der Waals surface area contributed by atoms with Crippen LogP contribution in [0.15, 0.2) is 18.5 Å². The molecule has 0 aromatic carbocycles. The van der Waals surface area contributed by atoms with Crippen molar-refractivity contribution in [2.75, 3.05) is 0 Å². The smallest absolute Gasteiger partial charge is 0.307 e. The van der Waals surface area contributed by atoms with Gasteiger partial charge in [-0.05, 0) is 29.5 Å². The Morgan fingerprint density at radius 2 is 2.11 bits per heavy atom. The van der Waals surface area contributed by atoms with Crippen LogP contribution in [0.25, 0.3) is 0 Å². The molecule has 0 spiro atoms. The van der Waals surface area contributed by atoms with E-state index in [1.807, 2.05) is 26.8 Å². The van der Waals surface area contributed by atoms with Gasteiger partial charge in [-0.15, -0.1) is 0 Å². The summed E-state index contributed by atoms with van der Waals surface area (Å²) in [5, 5.41) is 11.8. The van der Waals surface area contributed by atoms with Crippen LogP contribution in [0.4, 0.5) is 0 Å². The quantitative estimate of drug-likeness (QED) is 0.858. The number of pyridine rings is 1. The maximum Gasteiger partial charge on any atom is 0.307 e. The van der Waals surface area contributed by atoms with E-state index in [9.17, 15) is 9.59 Å². The molecule has 1 aliphatic carbocycles. The standard InChI is InChI=1S/C14H18N2O3/c1-8-4-5-15-6-9(8)7-16-12(17)10-11(13(18)19)14(10,2)3/h4-6,10-11H,7H2,1-3H3,(H,16,17)(H,18,19). The molecule has 1 fully saturated rings. The summed E-state index contributed by atoms with van der Waals surface area (Å²) in [6, 6.07) is 1.88. The van der Waals surface area contributed by atoms with Crippen molar-refractivity contribution in [2.24, 2.45) is 17.3 Å². The van der Waals surface area contributed by atoms with E-state index in [2.05, 4.69) is 10.3 Å². The minimum Gasteiger partial charge on any atom is -0.481 e. The molecule has 1 aromatic rings. The number of aliphatic carboxylic acids is 1. The monoisotopic (exact) mass is 262 g/mol. The highest BCUT2D eigenvalue weighted by Crippen LogP contribution is 2.58. The van der Waals surface area contributed by atoms with Crippen LogP contribution < -0.4 is 5.32 Å². The number of carboxylic acids is 1. The molecule has 2 atom stereocenters. The van der Waals surface area contributed by atoms with Crippen molar-refractivity contribution < 1.29 is 14.7 Å². The average Bonchev–Trinajstić information content (AvgIpc) is 2.91. The molecule has 19 heavy (non-hydrogen) atoms. The van der Waals surface area contributed by atoms with Gasteiger partial charge in [0.2, 0.25) is 5.91 Å². The summed E-state index contributed by atoms with van der Waals surface area (Å²) in [5.74, 6) is -2.12. The van der Waals surface area contributed by atoms with Crippen molar-refractivity contribution in [3.63, 3.8) is 0 Å². The van der Waals surface area contributed by atoms with E-state index < -0.39 is 23.2 Å². The van der Waals surface area contributed by atoms with Crippen molar-refractivity contribution in [2.45, 2.75) is 27.3 Å². The fourth-order valence-electron chi connectivity index (χ4n) is 2.56. The van der Waals surface area contributed by atoms with Gasteiger partial charge in [0, 0.05) is 18.9 Å². The molecule has 1 aromatic heterocycles. The number of carbonyl (C=O) groups is 2. The molecule has 2 N–H and O–H groups in total. The number of rotatable bonds is 4. The first-order chi connectivity index (χ1) is 8.85. The predicted molar refractivity (Wildman–Crippen MR) is 69.2 cm³/mol. The van der Waals surface area contributed by atoms with Gasteiger partial charge in [-0.1, -0.05) is 13.8 Å². The minimum atomic E-state index is -0.900. The van der Waals surface area contributed by atoms with E-state index in [1.54, 1.807) is 12.4 Å². The number of carboxylic acid groups (broad SMARTS) is 1. The van der Waals surface area contributed by atoms with E-state index in [0.717, 1.165) is 11.1 Å². The molecule has 102 valence electrons. The fourth-order valence-corrected chi connectivity index (χ4v) is 2.56. The van der Waals surface area contributed by atoms with Crippen LogP contribution >= 0.6 is 0 Å². The highest BCUT2D eigenvalue weighted by atomic mass is 16.4. The molecule has 0 radical (unpaired) electrons. The van der Waals surface area contributed by atoms with E-state index in [1.165, 1.54) is 0 Å². The summed E-state index contributed by atoms with van der Waals surface area (Å²) in [7, 11) is 0. The number of carbonyl (C=O) groups excluding carboxylic acids is 1. The second-order valence-corrected chi connectivity index (χ2v) is 5.63. The van der Waals surface area contributed by atoms with E-state index in [4.69, 9.17) is 5.11 Å². The van der Waals surface area contributed by atoms with E-state index in [0.29, 0.717) is 6.54 Å². The lowest BCUT2D eigenvalue weighted by Gasteiger charge is -2.08. The second kappa shape index (κ2) is 4.64. The third-order valence-electron chi connectivity index (χ3n) is 3.98. The molecule has 5 heteroatoms. The Morgan fingerprint density at radius 1 is 1.42 bits per heavy atom. The Labute approximate surface area is 112 Å². The Balaban J connectivity index is 1.97. The van der Waals surface area contributed by atoms with Gasteiger partial charge < -0.3 is 10.4 Å². The van der Waals surface area contributed by atoms with E-state index >= 15 is 0 Å². The average molecular weight is 262 g/mol. The Kier molecular flexibility index (Phi) is 3.30. The molecule has 0 aliphatic heterocycles. The highest BCUT2D eigenvalue weighted by Gasteiger charge is 2.65. The third kappa shape index (κ3) is 2.45. The second-order valence-electron chi connectivity index (χ2n) is 5.63. The first-order valence-electron chi connectivity index (χ1n) is 6.25. The van der Waals surface area contributed by atoms with Crippen molar-refractivity contribution in [1.29, 1.82) is 0 Å². The molecule has 1 saturated carbocycles. The van der Waals surface area contributed by atoms with Crippen LogP contribution in [0.2, 0.25) is 0 Å². The molecule has 2 unspecified atom stereocenters. The van der Waals surface area contributed by atoms with Crippen molar-refractivity contribution in [1.82, 2.24) is 10.3 Å². The third-order valence-corrected chi connectivity index (χ3v) is 3.98. The first kappa shape index (κ1) is 13.5. The number of amides is 1. The lowest BCUT2D eigenvalue weighted by Crippen LogP contribution is -2.27. The van der Waals surface area contributed by atoms with Gasteiger partial charge in [0.25, 0.3) is 0 Å². The zero-order chi connectivity index (χ0) is 14.2. The summed E-state index contributed by atoms with van der Waals surface area (Å²) in [6.07, 6.45) is 3.41. The molecule has 1 amide bonds. The number of nitrogens with zero attached hydrogens (tertiary/aromatic N) is 1. The zero-order valence-corrected chi connectivity index (χ0v) is 11.3. The summed E-state index contributed by atoms with van der Waals surface area (Å²) in [4.78, 5) is 27.1. The van der Waals surface area contributed by atoms with Crippen LogP contribution in [0.5, 0.6) is 0 Å². The van der Waals surface area contributed by atoms with Crippen molar-refractivity contribution in [3.8, 4) is 0 Å². The Morgan fingerprint density at radius 3 is 2.63 bits per heavy atom. The molecule has 1 heterocycles. The molecular weight excluding hydrogens is 244 g/mol. The summed E-state index contributed by atoms with van der Waals surface area (Å²) in [5.41, 5.74) is 1.54. The van der Waals surface area contributed by atoms with Gasteiger partial charge >= 0.3 is 5.97 Å². The van der Waals surface area contributed by atoms with Crippen LogP contribution in [0.3, 0.4) is 0 Å². The first-order valence-corrected chi connectivity index (χ1v) is 6.25. The van der Waals surface area contributed by atoms with Crippen LogP contribution in [-0.4, -0.2) is 22.0 Å². The van der Waals surface area contributed by atoms with Crippen LogP contribution in [0.1, 0.15) is 25.0 Å². The number of aryl methyl sites for hydroxylation is 1. The normalized spacial score (nSPS) is 23.7. The van der Waals surface area contributed by atoms with Crippen molar-refractivity contribution >= 4 is 11.9 Å². The molecule has 2 rings (SSSR count). The Bertz CT molecular complexity index is 525. The number of aromatic nitrogens is 1. The molecular formula is C14H18N2O3. The van der Waals surface area contributed by atoms with Gasteiger partial charge in [0.1, 0.15) is 0 Å². The van der Waals surface area contributed by atoms with Crippen LogP contribution in [0, 0.1) is 24.2 Å². The predicted octanol–water partition coefficient (Wildman–Crippen LogP) is 1.36. The fraction of sp³-hybridized carbons (Fsp3) is 0.500. The van der Waals surface area contributed by atoms with Gasteiger partial charge in [-0.2, -0.15) is 0 Å². The van der Waals surface area contributed by atoms with Crippen LogP contribution in [-0.2, 0) is 16.1 Å². The number of hydrogen-bond donors (Lipinski definition) is 2. The maximum absolute atomic E-state index is 12.0. The number of nitrogens with one attached hydrogen (secondary N) is 1. The summed E-state index contributed by atoms with van der Waals surface area (Å²) in [6.45, 7) is 5.96. The Hall–Kier alpha value is -1.91. The van der Waals surface area contributed by atoms with Gasteiger partial charge in [0.15, 0.2) is 0 Å². The summed E-state index contributed by atoms with van der Waals surface area (Å²) < 4.78 is 0. The summed E-state index contributed by atoms with van der Waals surface area (Å²) >= 11 is 0. The molecule has 5 nitrogen and oxygen atoms in total. The zero-order valence-electron chi connectivity index (χ0n) is 11.3. The lowest BCUT2D eigenvalue weighted by atomic mass is 10.1. The topological polar surface area (TPSA) is 79.3 Å². The molecule has 0 saturated heterocycles. The van der Waals surface area contributed by atoms with Gasteiger partial charge in [0.05, 0.1) is 11.8 Å². The largest absolute Gasteiger partial charge is 0.481 e. The SMILES string of the molecule is Cc1ccncc1CNC(=O)C1C(C(=O)O)C1(C)C. The van der Waals surface area contributed by atoms with Crippen molar-refractivity contribution in [3.05, 3.63) is 29.6 Å². The minimum absolute atomic E-state index is 0.194.